The van der Waals surface area contributed by atoms with E-state index in [1.807, 2.05) is 0 Å². The smallest absolute Gasteiger partial charge is 0.322 e. The molecule has 0 bridgehead atoms. The molecule has 0 aromatic heterocycles. The summed E-state index contributed by atoms with van der Waals surface area (Å²) in [5.74, 6) is -1.81. The average molecular weight is 345 g/mol. The molecular formula is C17H19N3O5. The van der Waals surface area contributed by atoms with Gasteiger partial charge in [0, 0.05) is 18.7 Å². The van der Waals surface area contributed by atoms with Crippen molar-refractivity contribution in [2.24, 2.45) is 5.92 Å². The number of hydrogen-bond donors (Lipinski definition) is 3. The van der Waals surface area contributed by atoms with Crippen molar-refractivity contribution in [1.82, 2.24) is 15.5 Å². The van der Waals surface area contributed by atoms with Crippen LogP contribution in [0.15, 0.2) is 24.3 Å². The van der Waals surface area contributed by atoms with E-state index < -0.39 is 29.4 Å². The Morgan fingerprint density at radius 3 is 2.24 bits per heavy atom. The predicted octanol–water partition coefficient (Wildman–Crippen LogP) is 0.678. The first-order valence-corrected chi connectivity index (χ1v) is 8.07. The second-order valence-electron chi connectivity index (χ2n) is 6.52. The van der Waals surface area contributed by atoms with Crippen molar-refractivity contribution >= 4 is 23.8 Å². The van der Waals surface area contributed by atoms with Gasteiger partial charge in [-0.1, -0.05) is 12.1 Å². The lowest BCUT2D eigenvalue weighted by Gasteiger charge is -2.30. The van der Waals surface area contributed by atoms with Crippen molar-refractivity contribution in [3.8, 4) is 0 Å². The molecule has 1 aromatic rings. The molecule has 0 saturated carbocycles. The normalized spacial score (nSPS) is 24.0. The molecule has 2 heterocycles. The molecule has 2 aliphatic heterocycles. The summed E-state index contributed by atoms with van der Waals surface area (Å²) >= 11 is 0. The zero-order valence-corrected chi connectivity index (χ0v) is 13.7. The maximum absolute atomic E-state index is 12.5. The summed E-state index contributed by atoms with van der Waals surface area (Å²) in [4.78, 5) is 48.4. The molecule has 0 spiro atoms. The lowest BCUT2D eigenvalue weighted by molar-refractivity contribution is -0.143. The van der Waals surface area contributed by atoms with Crippen molar-refractivity contribution < 1.29 is 24.3 Å². The molecule has 1 unspecified atom stereocenters. The summed E-state index contributed by atoms with van der Waals surface area (Å²) in [5, 5.41) is 13.8. The maximum atomic E-state index is 12.5. The summed E-state index contributed by atoms with van der Waals surface area (Å²) in [6.45, 7) is 2.42. The van der Waals surface area contributed by atoms with Crippen molar-refractivity contribution in [3.05, 3.63) is 35.4 Å². The van der Waals surface area contributed by atoms with Crippen LogP contribution < -0.4 is 10.6 Å². The van der Waals surface area contributed by atoms with Gasteiger partial charge in [-0.3, -0.25) is 19.7 Å². The minimum Gasteiger partial charge on any atom is -0.481 e. The van der Waals surface area contributed by atoms with Crippen LogP contribution in [0, 0.1) is 5.92 Å². The number of amides is 4. The average Bonchev–Trinajstić information content (AvgIpc) is 2.87. The van der Waals surface area contributed by atoms with Crippen LogP contribution >= 0.6 is 0 Å². The van der Waals surface area contributed by atoms with E-state index >= 15 is 0 Å². The largest absolute Gasteiger partial charge is 0.481 e. The molecule has 2 saturated heterocycles. The van der Waals surface area contributed by atoms with Gasteiger partial charge in [-0.25, -0.2) is 4.79 Å². The van der Waals surface area contributed by atoms with E-state index in [1.165, 1.54) is 0 Å². The van der Waals surface area contributed by atoms with Crippen molar-refractivity contribution in [2.45, 2.75) is 25.3 Å². The number of rotatable bonds is 3. The number of likely N-dealkylation sites (tertiary alicyclic amines) is 1. The van der Waals surface area contributed by atoms with E-state index in [2.05, 4.69) is 10.6 Å². The number of imide groups is 1. The Balaban J connectivity index is 1.71. The monoisotopic (exact) mass is 345 g/mol. The fourth-order valence-electron chi connectivity index (χ4n) is 3.20. The van der Waals surface area contributed by atoms with Gasteiger partial charge < -0.3 is 15.3 Å². The van der Waals surface area contributed by atoms with E-state index in [1.54, 1.807) is 36.1 Å². The zero-order chi connectivity index (χ0) is 18.2. The number of aliphatic carboxylic acids is 1. The van der Waals surface area contributed by atoms with Crippen LogP contribution in [-0.2, 0) is 15.1 Å². The van der Waals surface area contributed by atoms with Crippen LogP contribution in [0.2, 0.25) is 0 Å². The molecule has 1 aromatic carbocycles. The Bertz CT molecular complexity index is 737. The molecule has 132 valence electrons. The van der Waals surface area contributed by atoms with Gasteiger partial charge in [0.2, 0.25) is 0 Å². The van der Waals surface area contributed by atoms with Gasteiger partial charge >= 0.3 is 12.0 Å². The number of carbonyl (C=O) groups is 4. The molecule has 2 aliphatic rings. The lowest BCUT2D eigenvalue weighted by Crippen LogP contribution is -2.41. The highest BCUT2D eigenvalue weighted by atomic mass is 16.4. The van der Waals surface area contributed by atoms with Gasteiger partial charge in [-0.2, -0.15) is 0 Å². The van der Waals surface area contributed by atoms with Gasteiger partial charge in [0.05, 0.1) is 5.92 Å². The minimum atomic E-state index is -1.15. The van der Waals surface area contributed by atoms with E-state index in [-0.39, 0.29) is 5.91 Å². The number of hydrogen-bond acceptors (Lipinski definition) is 4. The molecule has 25 heavy (non-hydrogen) atoms. The molecular weight excluding hydrogens is 326 g/mol. The van der Waals surface area contributed by atoms with Gasteiger partial charge in [0.25, 0.3) is 11.8 Å². The molecule has 8 nitrogen and oxygen atoms in total. The summed E-state index contributed by atoms with van der Waals surface area (Å²) in [7, 11) is 0. The molecule has 8 heteroatoms. The summed E-state index contributed by atoms with van der Waals surface area (Å²) in [6.07, 6.45) is 0.896. The molecule has 1 atom stereocenters. The van der Waals surface area contributed by atoms with E-state index in [0.29, 0.717) is 37.1 Å². The molecule has 0 radical (unpaired) electrons. The highest BCUT2D eigenvalue weighted by molar-refractivity contribution is 6.07. The third kappa shape index (κ3) is 3.07. The highest BCUT2D eigenvalue weighted by Gasteiger charge is 2.43. The van der Waals surface area contributed by atoms with Crippen LogP contribution in [0.5, 0.6) is 0 Å². The van der Waals surface area contributed by atoms with Gasteiger partial charge in [-0.15, -0.1) is 0 Å². The Morgan fingerprint density at radius 1 is 1.16 bits per heavy atom. The molecule has 3 rings (SSSR count). The quantitative estimate of drug-likeness (QED) is 0.697. The van der Waals surface area contributed by atoms with Gasteiger partial charge in [0.1, 0.15) is 5.54 Å². The second kappa shape index (κ2) is 6.19. The maximum Gasteiger partial charge on any atom is 0.322 e. The molecule has 3 N–H and O–H groups in total. The Morgan fingerprint density at radius 2 is 1.76 bits per heavy atom. The van der Waals surface area contributed by atoms with E-state index in [9.17, 15) is 19.2 Å². The summed E-state index contributed by atoms with van der Waals surface area (Å²) in [5.41, 5.74) is -0.110. The molecule has 0 aliphatic carbocycles. The number of urea groups is 1. The van der Waals surface area contributed by atoms with Gasteiger partial charge in [0.15, 0.2) is 0 Å². The first kappa shape index (κ1) is 16.9. The van der Waals surface area contributed by atoms with E-state index in [4.69, 9.17) is 5.11 Å². The van der Waals surface area contributed by atoms with Crippen LogP contribution in [0.1, 0.15) is 35.7 Å². The predicted molar refractivity (Wildman–Crippen MR) is 86.7 cm³/mol. The Kier molecular flexibility index (Phi) is 4.20. The standard InChI is InChI=1S/C17H19N3O5/c1-17(15(24)18-16(25)19-17)12-4-2-10(3-5-12)13(21)20-8-6-11(7-9-20)14(22)23/h2-5,11H,6-9H2,1H3,(H,22,23)(H2,18,19,24,25). The zero-order valence-electron chi connectivity index (χ0n) is 13.7. The first-order chi connectivity index (χ1) is 11.8. The fraction of sp³-hybridized carbons (Fsp3) is 0.412. The summed E-state index contributed by atoms with van der Waals surface area (Å²) < 4.78 is 0. The number of piperidine rings is 1. The van der Waals surface area contributed by atoms with E-state index in [0.717, 1.165) is 0 Å². The minimum absolute atomic E-state index is 0.166. The number of benzene rings is 1. The third-order valence-corrected chi connectivity index (χ3v) is 4.89. The van der Waals surface area contributed by atoms with Crippen molar-refractivity contribution in [3.63, 3.8) is 0 Å². The fourth-order valence-corrected chi connectivity index (χ4v) is 3.20. The van der Waals surface area contributed by atoms with Crippen LogP contribution in [0.4, 0.5) is 4.79 Å². The number of nitrogens with one attached hydrogen (secondary N) is 2. The number of carboxylic acids is 1. The Labute approximate surface area is 144 Å². The first-order valence-electron chi connectivity index (χ1n) is 8.07. The SMILES string of the molecule is CC1(c2ccc(C(=O)N3CCC(C(=O)O)CC3)cc2)NC(=O)NC1=O. The third-order valence-electron chi connectivity index (χ3n) is 4.89. The number of nitrogens with zero attached hydrogens (tertiary/aromatic N) is 1. The van der Waals surface area contributed by atoms with Crippen LogP contribution in [-0.4, -0.2) is 46.9 Å². The topological polar surface area (TPSA) is 116 Å². The van der Waals surface area contributed by atoms with Crippen molar-refractivity contribution in [2.75, 3.05) is 13.1 Å². The summed E-state index contributed by atoms with van der Waals surface area (Å²) in [6, 6.07) is 5.97. The van der Waals surface area contributed by atoms with Crippen LogP contribution in [0.25, 0.3) is 0 Å². The highest BCUT2D eigenvalue weighted by Crippen LogP contribution is 2.25. The lowest BCUT2D eigenvalue weighted by atomic mass is 9.91. The number of carbonyl (C=O) groups excluding carboxylic acids is 3. The van der Waals surface area contributed by atoms with Crippen molar-refractivity contribution in [1.29, 1.82) is 0 Å². The number of carboxylic acid groups (broad SMARTS) is 1. The molecule has 4 amide bonds. The van der Waals surface area contributed by atoms with Crippen LogP contribution in [0.3, 0.4) is 0 Å². The molecule has 2 fully saturated rings. The van der Waals surface area contributed by atoms with Gasteiger partial charge in [-0.05, 0) is 37.5 Å². The second-order valence-corrected chi connectivity index (χ2v) is 6.52. The Hall–Kier alpha value is -2.90.